The minimum Gasteiger partial charge on any atom is -0.497 e. The number of sulfonamides is 1. The normalized spacial score (nSPS) is 11.0. The predicted octanol–water partition coefficient (Wildman–Crippen LogP) is 4.89. The summed E-state index contributed by atoms with van der Waals surface area (Å²) in [7, 11) is 0.864. The highest BCUT2D eigenvalue weighted by atomic mass is 32.2. The monoisotopic (exact) mass is 525 g/mol. The summed E-state index contributed by atoms with van der Waals surface area (Å²) in [5.41, 5.74) is 2.04. The van der Waals surface area contributed by atoms with Crippen molar-refractivity contribution in [2.45, 2.75) is 4.90 Å². The molecule has 186 valence electrons. The molecule has 4 rings (SSSR count). The van der Waals surface area contributed by atoms with Crippen LogP contribution in [0.1, 0.15) is 10.4 Å². The fraction of sp³-hybridized carbons (Fsp3) is 0.120. The zero-order valence-corrected chi connectivity index (χ0v) is 21.3. The Kier molecular flexibility index (Phi) is 7.41. The molecule has 3 aromatic carbocycles. The molecule has 1 amide bonds. The SMILES string of the molecule is COc1ccc(S(=O)(=O)Nc2ccc(C(=O)Nc3nc(-c4cc(OC)ccc4OC)cs3)cc2)cc1. The maximum atomic E-state index is 12.7. The van der Waals surface area contributed by atoms with Gasteiger partial charge in [0.25, 0.3) is 15.9 Å². The van der Waals surface area contributed by atoms with E-state index in [0.717, 1.165) is 5.56 Å². The average Bonchev–Trinajstić information content (AvgIpc) is 3.36. The van der Waals surface area contributed by atoms with Crippen LogP contribution in [0.5, 0.6) is 17.2 Å². The van der Waals surface area contributed by atoms with Gasteiger partial charge in [0.15, 0.2) is 5.13 Å². The molecule has 1 heterocycles. The largest absolute Gasteiger partial charge is 0.497 e. The van der Waals surface area contributed by atoms with Gasteiger partial charge in [-0.1, -0.05) is 0 Å². The minimum atomic E-state index is -3.79. The summed E-state index contributed by atoms with van der Waals surface area (Å²) < 4.78 is 43.5. The van der Waals surface area contributed by atoms with E-state index in [2.05, 4.69) is 15.0 Å². The molecule has 0 spiro atoms. The number of benzene rings is 3. The number of methoxy groups -OCH3 is 3. The van der Waals surface area contributed by atoms with Crippen molar-refractivity contribution in [3.8, 4) is 28.5 Å². The molecule has 0 atom stereocenters. The summed E-state index contributed by atoms with van der Waals surface area (Å²) in [6, 6.07) is 17.5. The van der Waals surface area contributed by atoms with Crippen molar-refractivity contribution >= 4 is 38.1 Å². The number of anilines is 2. The van der Waals surface area contributed by atoms with E-state index in [0.29, 0.717) is 39.3 Å². The van der Waals surface area contributed by atoms with Crippen molar-refractivity contribution in [1.82, 2.24) is 4.98 Å². The molecule has 0 bridgehead atoms. The van der Waals surface area contributed by atoms with Crippen LogP contribution in [0.4, 0.5) is 10.8 Å². The van der Waals surface area contributed by atoms with E-state index in [1.807, 2.05) is 11.4 Å². The van der Waals surface area contributed by atoms with Crippen LogP contribution >= 0.6 is 11.3 Å². The molecule has 0 saturated carbocycles. The van der Waals surface area contributed by atoms with Gasteiger partial charge in [0, 0.05) is 22.2 Å². The fourth-order valence-electron chi connectivity index (χ4n) is 3.30. The van der Waals surface area contributed by atoms with Gasteiger partial charge in [0.2, 0.25) is 0 Å². The highest BCUT2D eigenvalue weighted by Crippen LogP contribution is 2.35. The molecule has 0 unspecified atom stereocenters. The maximum absolute atomic E-state index is 12.7. The Bertz CT molecular complexity index is 1470. The topological polar surface area (TPSA) is 116 Å². The summed E-state index contributed by atoms with van der Waals surface area (Å²) in [5, 5.41) is 4.98. The molecule has 11 heteroatoms. The summed E-state index contributed by atoms with van der Waals surface area (Å²) >= 11 is 1.27. The van der Waals surface area contributed by atoms with Crippen LogP contribution in [0.25, 0.3) is 11.3 Å². The maximum Gasteiger partial charge on any atom is 0.261 e. The standard InChI is InChI=1S/C25H23N3O6S2/c1-32-18-8-11-20(12-9-18)36(30,31)28-17-6-4-16(5-7-17)24(29)27-25-26-22(15-35-25)21-14-19(33-2)10-13-23(21)34-3/h4-15,28H,1-3H3,(H,26,27,29). The van der Waals surface area contributed by atoms with Gasteiger partial charge in [0.1, 0.15) is 17.2 Å². The number of carbonyl (C=O) groups is 1. The molecule has 0 fully saturated rings. The lowest BCUT2D eigenvalue weighted by atomic mass is 10.1. The minimum absolute atomic E-state index is 0.0948. The molecule has 4 aromatic rings. The summed E-state index contributed by atoms with van der Waals surface area (Å²) in [5.74, 6) is 1.47. The molecule has 0 radical (unpaired) electrons. The summed E-state index contributed by atoms with van der Waals surface area (Å²) in [4.78, 5) is 17.3. The van der Waals surface area contributed by atoms with Crippen LogP contribution in [0.3, 0.4) is 0 Å². The van der Waals surface area contributed by atoms with Gasteiger partial charge in [-0.05, 0) is 66.7 Å². The van der Waals surface area contributed by atoms with E-state index in [4.69, 9.17) is 14.2 Å². The average molecular weight is 526 g/mol. The Hall–Kier alpha value is -4.09. The van der Waals surface area contributed by atoms with Gasteiger partial charge >= 0.3 is 0 Å². The van der Waals surface area contributed by atoms with Crippen LogP contribution in [0.15, 0.2) is 77.0 Å². The Labute approximate surface area is 212 Å². The van der Waals surface area contributed by atoms with Crippen LogP contribution in [0, 0.1) is 0 Å². The van der Waals surface area contributed by atoms with E-state index in [1.165, 1.54) is 54.8 Å². The number of aromatic nitrogens is 1. The second-order valence-corrected chi connectivity index (χ2v) is 9.96. The molecule has 2 N–H and O–H groups in total. The molecule has 0 aliphatic heterocycles. The smallest absolute Gasteiger partial charge is 0.261 e. The predicted molar refractivity (Wildman–Crippen MR) is 139 cm³/mol. The van der Waals surface area contributed by atoms with Crippen molar-refractivity contribution in [3.05, 3.63) is 77.7 Å². The zero-order chi connectivity index (χ0) is 25.7. The first-order valence-electron chi connectivity index (χ1n) is 10.6. The molecule has 9 nitrogen and oxygen atoms in total. The first-order valence-corrected chi connectivity index (χ1v) is 13.0. The first kappa shape index (κ1) is 25.0. The van der Waals surface area contributed by atoms with E-state index in [1.54, 1.807) is 38.5 Å². The number of carbonyl (C=O) groups excluding carboxylic acids is 1. The van der Waals surface area contributed by atoms with Crippen LogP contribution < -0.4 is 24.2 Å². The number of rotatable bonds is 9. The number of ether oxygens (including phenoxy) is 3. The Balaban J connectivity index is 1.44. The first-order chi connectivity index (χ1) is 17.3. The second-order valence-electron chi connectivity index (χ2n) is 7.42. The van der Waals surface area contributed by atoms with Crippen LogP contribution in [-0.2, 0) is 10.0 Å². The third-order valence-electron chi connectivity index (χ3n) is 5.18. The van der Waals surface area contributed by atoms with E-state index in [9.17, 15) is 13.2 Å². The van der Waals surface area contributed by atoms with Gasteiger partial charge in [-0.15, -0.1) is 11.3 Å². The Morgan fingerprint density at radius 1 is 0.861 bits per heavy atom. The number of hydrogen-bond acceptors (Lipinski definition) is 8. The van der Waals surface area contributed by atoms with Gasteiger partial charge < -0.3 is 14.2 Å². The summed E-state index contributed by atoms with van der Waals surface area (Å²) in [6.07, 6.45) is 0. The Morgan fingerprint density at radius 2 is 1.53 bits per heavy atom. The van der Waals surface area contributed by atoms with Crippen molar-refractivity contribution in [2.24, 2.45) is 0 Å². The van der Waals surface area contributed by atoms with Gasteiger partial charge in [-0.25, -0.2) is 13.4 Å². The molecule has 0 aliphatic carbocycles. The lowest BCUT2D eigenvalue weighted by Crippen LogP contribution is -2.14. The van der Waals surface area contributed by atoms with Crippen molar-refractivity contribution in [2.75, 3.05) is 31.4 Å². The van der Waals surface area contributed by atoms with Gasteiger partial charge in [-0.3, -0.25) is 14.8 Å². The fourth-order valence-corrected chi connectivity index (χ4v) is 5.06. The molecule has 0 aliphatic rings. The number of amides is 1. The van der Waals surface area contributed by atoms with Gasteiger partial charge in [0.05, 0.1) is 31.9 Å². The number of nitrogens with zero attached hydrogens (tertiary/aromatic N) is 1. The van der Waals surface area contributed by atoms with E-state index >= 15 is 0 Å². The molecule has 1 aromatic heterocycles. The second kappa shape index (κ2) is 10.7. The number of thiazole rings is 1. The number of hydrogen-bond donors (Lipinski definition) is 2. The highest BCUT2D eigenvalue weighted by molar-refractivity contribution is 7.92. The van der Waals surface area contributed by atoms with Crippen molar-refractivity contribution in [3.63, 3.8) is 0 Å². The van der Waals surface area contributed by atoms with Crippen LogP contribution in [-0.4, -0.2) is 40.6 Å². The number of nitrogens with one attached hydrogen (secondary N) is 2. The Morgan fingerprint density at radius 3 is 2.17 bits per heavy atom. The third-order valence-corrected chi connectivity index (χ3v) is 7.33. The molecular weight excluding hydrogens is 502 g/mol. The van der Waals surface area contributed by atoms with Gasteiger partial charge in [-0.2, -0.15) is 0 Å². The molecule has 36 heavy (non-hydrogen) atoms. The lowest BCUT2D eigenvalue weighted by Gasteiger charge is -2.09. The lowest BCUT2D eigenvalue weighted by molar-refractivity contribution is 0.102. The molecular formula is C25H23N3O6S2. The van der Waals surface area contributed by atoms with Crippen LogP contribution in [0.2, 0.25) is 0 Å². The van der Waals surface area contributed by atoms with E-state index < -0.39 is 10.0 Å². The van der Waals surface area contributed by atoms with Crippen molar-refractivity contribution in [1.29, 1.82) is 0 Å². The third kappa shape index (κ3) is 5.58. The summed E-state index contributed by atoms with van der Waals surface area (Å²) in [6.45, 7) is 0. The molecule has 0 saturated heterocycles. The van der Waals surface area contributed by atoms with E-state index in [-0.39, 0.29) is 10.8 Å². The van der Waals surface area contributed by atoms with Crippen molar-refractivity contribution < 1.29 is 27.4 Å². The zero-order valence-electron chi connectivity index (χ0n) is 19.6. The quantitative estimate of drug-likeness (QED) is 0.320. The highest BCUT2D eigenvalue weighted by Gasteiger charge is 2.16.